The highest BCUT2D eigenvalue weighted by Gasteiger charge is 2.71. The molecule has 3 rings (SSSR count). The monoisotopic (exact) mass is 258 g/mol. The topological polar surface area (TPSA) is 73.6 Å². The number of nitrogens with two attached hydrogens (primary N) is 1. The minimum absolute atomic E-state index is 0.0792. The molecule has 0 unspecified atom stereocenters. The van der Waals surface area contributed by atoms with Gasteiger partial charge in [0, 0.05) is 19.3 Å². The van der Waals surface area contributed by atoms with E-state index in [4.69, 9.17) is 27.4 Å². The zero-order valence-electron chi connectivity index (χ0n) is 10.3. The zero-order valence-corrected chi connectivity index (χ0v) is 11.1. The predicted octanol–water partition coefficient (Wildman–Crippen LogP) is 1.45. The molecule has 0 aromatic carbocycles. The van der Waals surface area contributed by atoms with Gasteiger partial charge in [-0.05, 0) is 33.0 Å². The third kappa shape index (κ3) is 2.46. The van der Waals surface area contributed by atoms with Gasteiger partial charge in [-0.2, -0.15) is 0 Å². The Balaban J connectivity index is 1.78. The summed E-state index contributed by atoms with van der Waals surface area (Å²) >= 11 is 4.71. The van der Waals surface area contributed by atoms with Crippen molar-refractivity contribution in [1.82, 2.24) is 5.32 Å². The van der Waals surface area contributed by atoms with Crippen molar-refractivity contribution in [2.45, 2.75) is 56.8 Å². The van der Waals surface area contributed by atoms with Crippen LogP contribution in [-0.2, 0) is 9.47 Å². The quantitative estimate of drug-likeness (QED) is 0.733. The Kier molecular flexibility index (Phi) is 2.54. The lowest BCUT2D eigenvalue weighted by Crippen LogP contribution is -2.80. The second-order valence-corrected chi connectivity index (χ2v) is 6.44. The van der Waals surface area contributed by atoms with Gasteiger partial charge in [0.2, 0.25) is 0 Å². The van der Waals surface area contributed by atoms with Gasteiger partial charge in [0.25, 0.3) is 5.17 Å². The number of carbonyl (C=O) groups is 1. The molecule has 0 radical (unpaired) electrons. The molecule has 3 aliphatic carbocycles. The maximum Gasteiger partial charge on any atom is 0.408 e. The molecule has 1 amide bonds. The zero-order chi connectivity index (χ0) is 12.9. The highest BCUT2D eigenvalue weighted by atomic mass is 32.1. The van der Waals surface area contributed by atoms with Crippen molar-refractivity contribution in [3.05, 3.63) is 0 Å². The molecule has 0 aliphatic heterocycles. The van der Waals surface area contributed by atoms with Crippen LogP contribution in [-0.4, -0.2) is 28.0 Å². The van der Waals surface area contributed by atoms with Gasteiger partial charge in [0.05, 0.1) is 5.54 Å². The summed E-state index contributed by atoms with van der Waals surface area (Å²) in [6, 6.07) is 0. The summed E-state index contributed by atoms with van der Waals surface area (Å²) in [5, 5.41) is 2.97. The van der Waals surface area contributed by atoms with Crippen LogP contribution >= 0.6 is 12.2 Å². The molecule has 0 saturated heterocycles. The van der Waals surface area contributed by atoms with Crippen molar-refractivity contribution in [3.63, 3.8) is 0 Å². The lowest BCUT2D eigenvalue weighted by molar-refractivity contribution is -0.206. The number of hydrogen-bond donors (Lipinski definition) is 2. The predicted molar refractivity (Wildman–Crippen MR) is 66.6 cm³/mol. The highest BCUT2D eigenvalue weighted by Crippen LogP contribution is 2.62. The van der Waals surface area contributed by atoms with Crippen LogP contribution in [0.2, 0.25) is 0 Å². The molecule has 3 aliphatic rings. The Morgan fingerprint density at radius 3 is 2.29 bits per heavy atom. The third-order valence-corrected chi connectivity index (χ3v) is 3.15. The van der Waals surface area contributed by atoms with E-state index < -0.39 is 5.60 Å². The van der Waals surface area contributed by atoms with Crippen LogP contribution in [0.1, 0.15) is 40.0 Å². The first-order valence-electron chi connectivity index (χ1n) is 5.63. The average molecular weight is 258 g/mol. The highest BCUT2D eigenvalue weighted by molar-refractivity contribution is 7.80. The number of amides is 1. The van der Waals surface area contributed by atoms with Crippen LogP contribution < -0.4 is 11.1 Å². The molecule has 0 aromatic heterocycles. The Morgan fingerprint density at radius 1 is 1.35 bits per heavy atom. The van der Waals surface area contributed by atoms with Gasteiger partial charge in [-0.3, -0.25) is 0 Å². The van der Waals surface area contributed by atoms with Gasteiger partial charge >= 0.3 is 6.09 Å². The maximum atomic E-state index is 11.6. The summed E-state index contributed by atoms with van der Waals surface area (Å²) in [7, 11) is 0. The second kappa shape index (κ2) is 3.48. The van der Waals surface area contributed by atoms with E-state index in [0.29, 0.717) is 0 Å². The smallest absolute Gasteiger partial charge is 0.408 e. The Labute approximate surface area is 106 Å². The number of alkyl carbamates (subject to hydrolysis) is 1. The van der Waals surface area contributed by atoms with Gasteiger partial charge < -0.3 is 20.5 Å². The van der Waals surface area contributed by atoms with Gasteiger partial charge in [-0.25, -0.2) is 4.79 Å². The first-order valence-corrected chi connectivity index (χ1v) is 6.04. The van der Waals surface area contributed by atoms with Crippen molar-refractivity contribution >= 4 is 23.5 Å². The average Bonchev–Trinajstić information content (AvgIpc) is 1.92. The fourth-order valence-corrected chi connectivity index (χ4v) is 2.85. The van der Waals surface area contributed by atoms with Gasteiger partial charge in [-0.1, -0.05) is 0 Å². The van der Waals surface area contributed by atoms with E-state index in [0.717, 1.165) is 19.3 Å². The normalized spacial score (nSPS) is 34.1. The molecule has 0 aromatic rings. The summed E-state index contributed by atoms with van der Waals surface area (Å²) in [5.41, 5.74) is 4.48. The van der Waals surface area contributed by atoms with Gasteiger partial charge in [-0.15, -0.1) is 0 Å². The minimum atomic E-state index is -0.472. The molecular weight excluding hydrogens is 240 g/mol. The molecule has 0 heterocycles. The van der Waals surface area contributed by atoms with Crippen LogP contribution in [0.3, 0.4) is 0 Å². The van der Waals surface area contributed by atoms with Crippen LogP contribution in [0, 0.1) is 0 Å². The lowest BCUT2D eigenvalue weighted by Gasteiger charge is -2.68. The first-order chi connectivity index (χ1) is 7.64. The van der Waals surface area contributed by atoms with Crippen LogP contribution in [0.4, 0.5) is 4.79 Å². The SMILES string of the molecule is CC(C)(C)OC(=O)NC12CC(OC(N)=S)(C1)C2. The Morgan fingerprint density at radius 2 is 1.88 bits per heavy atom. The largest absolute Gasteiger partial charge is 0.464 e. The Hall–Kier alpha value is -1.04. The molecule has 6 heteroatoms. The molecule has 3 fully saturated rings. The van der Waals surface area contributed by atoms with Crippen molar-refractivity contribution < 1.29 is 14.3 Å². The number of rotatable bonds is 2. The third-order valence-electron chi connectivity index (χ3n) is 3.06. The summed E-state index contributed by atoms with van der Waals surface area (Å²) < 4.78 is 10.6. The number of hydrogen-bond acceptors (Lipinski definition) is 4. The van der Waals surface area contributed by atoms with Crippen molar-refractivity contribution in [1.29, 1.82) is 0 Å². The van der Waals surface area contributed by atoms with E-state index in [1.54, 1.807) is 0 Å². The number of nitrogens with one attached hydrogen (secondary N) is 1. The van der Waals surface area contributed by atoms with Crippen LogP contribution in [0.15, 0.2) is 0 Å². The van der Waals surface area contributed by atoms with Crippen molar-refractivity contribution in [2.75, 3.05) is 0 Å². The standard InChI is InChI=1S/C11H18N2O3S/c1-9(2,3)16-8(14)13-10-4-11(5-10,6-10)15-7(12)17/h4-6H2,1-3H3,(H2,12,17)(H,13,14). The summed E-state index contributed by atoms with van der Waals surface area (Å²) in [6.07, 6.45) is 1.91. The molecule has 96 valence electrons. The molecule has 3 N–H and O–H groups in total. The minimum Gasteiger partial charge on any atom is -0.464 e. The molecule has 0 atom stereocenters. The lowest BCUT2D eigenvalue weighted by atomic mass is 9.46. The molecule has 3 saturated carbocycles. The number of carbonyl (C=O) groups excluding carboxylic acids is 1. The number of ether oxygens (including phenoxy) is 2. The molecule has 2 bridgehead atoms. The number of thiocarbonyl (C=S) groups is 1. The maximum absolute atomic E-state index is 11.6. The van der Waals surface area contributed by atoms with Crippen molar-refractivity contribution in [3.8, 4) is 0 Å². The van der Waals surface area contributed by atoms with Crippen LogP contribution in [0.25, 0.3) is 0 Å². The molecule has 0 spiro atoms. The van der Waals surface area contributed by atoms with E-state index >= 15 is 0 Å². The van der Waals surface area contributed by atoms with Crippen molar-refractivity contribution in [2.24, 2.45) is 5.73 Å². The molecular formula is C11H18N2O3S. The van der Waals surface area contributed by atoms with Gasteiger partial charge in [0.15, 0.2) is 0 Å². The van der Waals surface area contributed by atoms with Crippen LogP contribution in [0.5, 0.6) is 0 Å². The summed E-state index contributed by atoms with van der Waals surface area (Å²) in [6.45, 7) is 5.52. The van der Waals surface area contributed by atoms with E-state index in [1.165, 1.54) is 0 Å². The molecule has 17 heavy (non-hydrogen) atoms. The van der Waals surface area contributed by atoms with Gasteiger partial charge in [0.1, 0.15) is 11.2 Å². The second-order valence-electron chi connectivity index (χ2n) is 6.04. The first kappa shape index (κ1) is 12.4. The van der Waals surface area contributed by atoms with E-state index in [-0.39, 0.29) is 22.4 Å². The van der Waals surface area contributed by atoms with E-state index in [2.05, 4.69) is 5.32 Å². The van der Waals surface area contributed by atoms with E-state index in [9.17, 15) is 4.79 Å². The van der Waals surface area contributed by atoms with E-state index in [1.807, 2.05) is 20.8 Å². The fraction of sp³-hybridized carbons (Fsp3) is 0.818. The summed E-state index contributed by atoms with van der Waals surface area (Å²) in [5.74, 6) is 0. The summed E-state index contributed by atoms with van der Waals surface area (Å²) in [4.78, 5) is 11.6. The Bertz CT molecular complexity index is 356. The molecule has 5 nitrogen and oxygen atoms in total. The fourth-order valence-electron chi connectivity index (χ4n) is 2.67.